The van der Waals surface area contributed by atoms with Gasteiger partial charge in [0.25, 0.3) is 0 Å². The number of hydrogen-bond acceptors (Lipinski definition) is 5. The predicted molar refractivity (Wildman–Crippen MR) is 133 cm³/mol. The van der Waals surface area contributed by atoms with Crippen LogP contribution in [0, 0.1) is 11.3 Å². The standard InChI is InChI=1S/C26H23BrN4O4/c27-19-12-17-18(13-21(19)30-5-7-31(8-6-30)25(33)34)26(3-9-35-10-4-26)24-22(23(17)32)16-2-1-15(14-28)11-20(16)29-24/h1-2,11-13,29H,3-10H2,(H,33,34). The molecule has 35 heavy (non-hydrogen) atoms. The highest BCUT2D eigenvalue weighted by Crippen LogP contribution is 2.51. The molecule has 0 radical (unpaired) electrons. The molecule has 2 aliphatic heterocycles. The van der Waals surface area contributed by atoms with Crippen molar-refractivity contribution in [3.63, 3.8) is 0 Å². The number of amides is 1. The highest BCUT2D eigenvalue weighted by Gasteiger charge is 2.47. The van der Waals surface area contributed by atoms with E-state index in [1.807, 2.05) is 18.2 Å². The molecule has 1 aromatic heterocycles. The van der Waals surface area contributed by atoms with Crippen molar-refractivity contribution in [2.75, 3.05) is 44.3 Å². The number of nitriles is 1. The third-order valence-electron chi connectivity index (χ3n) is 7.72. The number of H-pyrrole nitrogens is 1. The van der Waals surface area contributed by atoms with E-state index >= 15 is 0 Å². The first-order valence-corrected chi connectivity index (χ1v) is 12.5. The van der Waals surface area contributed by atoms with Crippen LogP contribution < -0.4 is 4.90 Å². The van der Waals surface area contributed by atoms with E-state index in [0.29, 0.717) is 56.1 Å². The Kier molecular flexibility index (Phi) is 5.13. The van der Waals surface area contributed by atoms with Gasteiger partial charge in [0.05, 0.1) is 22.9 Å². The summed E-state index contributed by atoms with van der Waals surface area (Å²) < 4.78 is 6.57. The minimum Gasteiger partial charge on any atom is -0.465 e. The summed E-state index contributed by atoms with van der Waals surface area (Å²) in [7, 11) is 0. The molecule has 2 N–H and O–H groups in total. The second-order valence-corrected chi connectivity index (χ2v) is 10.2. The number of nitrogens with zero attached hydrogens (tertiary/aromatic N) is 3. The van der Waals surface area contributed by atoms with Gasteiger partial charge in [-0.3, -0.25) is 4.79 Å². The summed E-state index contributed by atoms with van der Waals surface area (Å²) in [6.07, 6.45) is 0.588. The number of ketones is 1. The van der Waals surface area contributed by atoms with Gasteiger partial charge < -0.3 is 24.6 Å². The first-order chi connectivity index (χ1) is 16.9. The number of halogens is 1. The third-order valence-corrected chi connectivity index (χ3v) is 8.35. The summed E-state index contributed by atoms with van der Waals surface area (Å²) in [5.41, 5.74) is 5.19. The van der Waals surface area contributed by atoms with Gasteiger partial charge in [-0.05, 0) is 58.6 Å². The minimum atomic E-state index is -0.896. The fourth-order valence-corrected chi connectivity index (χ4v) is 6.49. The lowest BCUT2D eigenvalue weighted by molar-refractivity contribution is 0.0602. The van der Waals surface area contributed by atoms with Gasteiger partial charge in [0.15, 0.2) is 5.78 Å². The Morgan fingerprint density at radius 1 is 1.14 bits per heavy atom. The Balaban J connectivity index is 1.52. The van der Waals surface area contributed by atoms with Crippen molar-refractivity contribution >= 4 is 44.4 Å². The molecular formula is C26H23BrN4O4. The van der Waals surface area contributed by atoms with E-state index in [2.05, 4.69) is 37.9 Å². The topological polar surface area (TPSA) is 110 Å². The molecule has 0 atom stereocenters. The number of carbonyl (C=O) groups is 2. The molecule has 1 aliphatic carbocycles. The number of aromatic nitrogens is 1. The summed E-state index contributed by atoms with van der Waals surface area (Å²) in [6, 6.07) is 11.7. The van der Waals surface area contributed by atoms with Crippen LogP contribution in [-0.4, -0.2) is 66.3 Å². The molecule has 6 rings (SSSR count). The number of carboxylic acid groups (broad SMARTS) is 1. The van der Waals surface area contributed by atoms with Crippen molar-refractivity contribution in [1.29, 1.82) is 5.26 Å². The van der Waals surface area contributed by atoms with E-state index in [9.17, 15) is 20.0 Å². The maximum atomic E-state index is 13.9. The summed E-state index contributed by atoms with van der Waals surface area (Å²) in [6.45, 7) is 3.22. The van der Waals surface area contributed by atoms with Crippen molar-refractivity contribution in [3.05, 3.63) is 62.8 Å². The number of rotatable bonds is 1. The molecule has 9 heteroatoms. The summed E-state index contributed by atoms with van der Waals surface area (Å²) in [5, 5.41) is 19.5. The Morgan fingerprint density at radius 3 is 2.57 bits per heavy atom. The molecule has 2 aromatic carbocycles. The van der Waals surface area contributed by atoms with Crippen LogP contribution in [0.15, 0.2) is 34.8 Å². The SMILES string of the molecule is N#Cc1ccc2c3c([nH]c2c1)C1(CCOCC1)c1cc(N2CCN(C(=O)O)CC2)c(Br)cc1C3=O. The van der Waals surface area contributed by atoms with Crippen LogP contribution >= 0.6 is 15.9 Å². The molecule has 0 unspecified atom stereocenters. The average molecular weight is 535 g/mol. The Bertz CT molecular complexity index is 1430. The lowest BCUT2D eigenvalue weighted by Crippen LogP contribution is -2.48. The lowest BCUT2D eigenvalue weighted by Gasteiger charge is -2.42. The van der Waals surface area contributed by atoms with Gasteiger partial charge in [0.1, 0.15) is 0 Å². The molecule has 2 saturated heterocycles. The van der Waals surface area contributed by atoms with E-state index in [1.165, 1.54) is 4.90 Å². The van der Waals surface area contributed by atoms with Crippen LogP contribution in [0.2, 0.25) is 0 Å². The Labute approximate surface area is 210 Å². The zero-order valence-corrected chi connectivity index (χ0v) is 20.5. The molecule has 8 nitrogen and oxygen atoms in total. The Morgan fingerprint density at radius 2 is 1.89 bits per heavy atom. The molecule has 2 fully saturated rings. The zero-order chi connectivity index (χ0) is 24.3. The largest absolute Gasteiger partial charge is 0.465 e. The van der Waals surface area contributed by atoms with Crippen LogP contribution in [0.25, 0.3) is 10.9 Å². The van der Waals surface area contributed by atoms with Crippen LogP contribution in [0.5, 0.6) is 0 Å². The normalized spacial score (nSPS) is 18.9. The van der Waals surface area contributed by atoms with Crippen molar-refractivity contribution in [1.82, 2.24) is 9.88 Å². The van der Waals surface area contributed by atoms with Gasteiger partial charge >= 0.3 is 6.09 Å². The number of hydrogen-bond donors (Lipinski definition) is 2. The maximum Gasteiger partial charge on any atom is 0.407 e. The van der Waals surface area contributed by atoms with E-state index in [0.717, 1.165) is 45.2 Å². The molecule has 3 heterocycles. The van der Waals surface area contributed by atoms with Gasteiger partial charge in [-0.25, -0.2) is 4.79 Å². The number of nitrogens with one attached hydrogen (secondary N) is 1. The highest BCUT2D eigenvalue weighted by atomic mass is 79.9. The van der Waals surface area contributed by atoms with Gasteiger partial charge in [-0.15, -0.1) is 0 Å². The quantitative estimate of drug-likeness (QED) is 0.483. The number of aromatic amines is 1. The number of ether oxygens (including phenoxy) is 1. The van der Waals surface area contributed by atoms with Gasteiger partial charge in [0.2, 0.25) is 0 Å². The van der Waals surface area contributed by atoms with Crippen molar-refractivity contribution < 1.29 is 19.4 Å². The van der Waals surface area contributed by atoms with E-state index in [-0.39, 0.29) is 5.78 Å². The summed E-state index contributed by atoms with van der Waals surface area (Å²) in [5.74, 6) is -0.0222. The van der Waals surface area contributed by atoms with Crippen LogP contribution in [0.4, 0.5) is 10.5 Å². The van der Waals surface area contributed by atoms with Crippen molar-refractivity contribution in [2.45, 2.75) is 18.3 Å². The maximum absolute atomic E-state index is 13.9. The lowest BCUT2D eigenvalue weighted by atomic mass is 9.64. The van der Waals surface area contributed by atoms with E-state index in [1.54, 1.807) is 6.07 Å². The van der Waals surface area contributed by atoms with E-state index < -0.39 is 11.5 Å². The predicted octanol–water partition coefficient (Wildman–Crippen LogP) is 4.24. The highest BCUT2D eigenvalue weighted by molar-refractivity contribution is 9.10. The van der Waals surface area contributed by atoms with Crippen molar-refractivity contribution in [2.24, 2.45) is 0 Å². The summed E-state index contributed by atoms with van der Waals surface area (Å²) >= 11 is 3.70. The average Bonchev–Trinajstić information content (AvgIpc) is 3.27. The van der Waals surface area contributed by atoms with Crippen LogP contribution in [0.3, 0.4) is 0 Å². The fraction of sp³-hybridized carbons (Fsp3) is 0.346. The first kappa shape index (κ1) is 22.1. The monoisotopic (exact) mass is 534 g/mol. The molecule has 3 aromatic rings. The second kappa shape index (κ2) is 8.11. The number of carbonyl (C=O) groups excluding carboxylic acids is 1. The molecule has 1 amide bonds. The Hall–Kier alpha value is -3.35. The fourth-order valence-electron chi connectivity index (χ4n) is 5.90. The molecular weight excluding hydrogens is 512 g/mol. The molecule has 178 valence electrons. The van der Waals surface area contributed by atoms with Crippen LogP contribution in [-0.2, 0) is 10.2 Å². The number of benzene rings is 2. The van der Waals surface area contributed by atoms with Gasteiger partial charge in [-0.1, -0.05) is 6.07 Å². The molecule has 3 aliphatic rings. The first-order valence-electron chi connectivity index (χ1n) is 11.7. The molecule has 0 saturated carbocycles. The van der Waals surface area contributed by atoms with E-state index in [4.69, 9.17) is 4.74 Å². The minimum absolute atomic E-state index is 0.0222. The third kappa shape index (κ3) is 3.27. The molecule has 1 spiro atoms. The van der Waals surface area contributed by atoms with Gasteiger partial charge in [0, 0.05) is 71.4 Å². The summed E-state index contributed by atoms with van der Waals surface area (Å²) in [4.78, 5) is 32.4. The van der Waals surface area contributed by atoms with Crippen molar-refractivity contribution in [3.8, 4) is 6.07 Å². The smallest absolute Gasteiger partial charge is 0.407 e. The van der Waals surface area contributed by atoms with Crippen LogP contribution in [0.1, 0.15) is 45.6 Å². The zero-order valence-electron chi connectivity index (χ0n) is 18.9. The van der Waals surface area contributed by atoms with Gasteiger partial charge in [-0.2, -0.15) is 5.26 Å². The number of anilines is 1. The number of fused-ring (bicyclic) bond motifs is 6. The molecule has 0 bridgehead atoms. The second-order valence-electron chi connectivity index (χ2n) is 9.38. The number of piperazine rings is 1.